The minimum atomic E-state index is -0.165. The minimum Gasteiger partial charge on any atom is -0.381 e. The summed E-state index contributed by atoms with van der Waals surface area (Å²) in [5, 5.41) is 3.43. The minimum absolute atomic E-state index is 0.165. The summed E-state index contributed by atoms with van der Waals surface area (Å²) in [5.41, 5.74) is 3.53. The van der Waals surface area contributed by atoms with E-state index < -0.39 is 0 Å². The number of hydrogen-bond donors (Lipinski definition) is 3. The van der Waals surface area contributed by atoms with Crippen LogP contribution in [0.1, 0.15) is 23.2 Å². The van der Waals surface area contributed by atoms with Gasteiger partial charge in [0.15, 0.2) is 0 Å². The number of amides is 1. The lowest BCUT2D eigenvalue weighted by Gasteiger charge is -2.22. The van der Waals surface area contributed by atoms with Gasteiger partial charge in [-0.25, -0.2) is 0 Å². The molecule has 0 atom stereocenters. The number of benzene rings is 1. The van der Waals surface area contributed by atoms with Gasteiger partial charge in [-0.2, -0.15) is 0 Å². The second kappa shape index (κ2) is 6.75. The Morgan fingerprint density at radius 3 is 2.84 bits per heavy atom. The second-order valence-corrected chi connectivity index (χ2v) is 5.04. The smallest absolute Gasteiger partial charge is 0.253 e. The first-order chi connectivity index (χ1) is 9.20. The molecule has 1 fully saturated rings. The molecule has 0 saturated carbocycles. The Morgan fingerprint density at radius 2 is 2.16 bits per heavy atom. The molecule has 0 unspecified atom stereocenters. The molecule has 2 rings (SSSR count). The normalized spacial score (nSPS) is 16.1. The second-order valence-electron chi connectivity index (χ2n) is 4.60. The lowest BCUT2D eigenvalue weighted by atomic mass is 10.0. The zero-order chi connectivity index (χ0) is 13.7. The summed E-state index contributed by atoms with van der Waals surface area (Å²) in [6.07, 6.45) is 1.97. The van der Waals surface area contributed by atoms with Crippen LogP contribution in [0.2, 0.25) is 5.02 Å². The highest BCUT2D eigenvalue weighted by Crippen LogP contribution is 2.20. The van der Waals surface area contributed by atoms with Gasteiger partial charge < -0.3 is 15.5 Å². The number of hydrogen-bond acceptors (Lipinski definition) is 4. The summed E-state index contributed by atoms with van der Waals surface area (Å²) in [7, 11) is 0. The highest BCUT2D eigenvalue weighted by atomic mass is 35.5. The number of carbonyl (C=O) groups excluding carboxylic acids is 1. The van der Waals surface area contributed by atoms with Crippen molar-refractivity contribution >= 4 is 23.2 Å². The maximum Gasteiger partial charge on any atom is 0.253 e. The lowest BCUT2D eigenvalue weighted by molar-refractivity contribution is 0.0643. The molecule has 0 aliphatic carbocycles. The van der Waals surface area contributed by atoms with E-state index in [1.54, 1.807) is 18.2 Å². The van der Waals surface area contributed by atoms with Gasteiger partial charge in [-0.3, -0.25) is 10.6 Å². The van der Waals surface area contributed by atoms with E-state index in [2.05, 4.69) is 10.7 Å². The predicted octanol–water partition coefficient (Wildman–Crippen LogP) is 1.78. The Bertz CT molecular complexity index is 448. The van der Waals surface area contributed by atoms with E-state index in [0.29, 0.717) is 28.7 Å². The number of halogens is 1. The van der Waals surface area contributed by atoms with E-state index >= 15 is 0 Å². The third kappa shape index (κ3) is 3.83. The van der Waals surface area contributed by atoms with Crippen LogP contribution in [-0.4, -0.2) is 25.7 Å². The fourth-order valence-corrected chi connectivity index (χ4v) is 2.29. The Kier molecular flexibility index (Phi) is 5.01. The monoisotopic (exact) mass is 283 g/mol. The van der Waals surface area contributed by atoms with Gasteiger partial charge in [0.25, 0.3) is 5.91 Å². The van der Waals surface area contributed by atoms with E-state index in [1.165, 1.54) is 0 Å². The molecular weight excluding hydrogens is 266 g/mol. The molecule has 1 aromatic rings. The molecule has 1 aromatic carbocycles. The van der Waals surface area contributed by atoms with Crippen molar-refractivity contribution in [2.24, 2.45) is 11.8 Å². The summed E-state index contributed by atoms with van der Waals surface area (Å²) in [6.45, 7) is 2.19. The summed E-state index contributed by atoms with van der Waals surface area (Å²) in [4.78, 5) is 12.1. The fraction of sp³-hybridized carbons (Fsp3) is 0.462. The zero-order valence-corrected chi connectivity index (χ0v) is 11.4. The van der Waals surface area contributed by atoms with Crippen molar-refractivity contribution in [2.45, 2.75) is 12.8 Å². The van der Waals surface area contributed by atoms with Crippen LogP contribution in [-0.2, 0) is 4.74 Å². The van der Waals surface area contributed by atoms with Gasteiger partial charge >= 0.3 is 0 Å². The Labute approximate surface area is 117 Å². The molecule has 19 heavy (non-hydrogen) atoms. The molecule has 4 N–H and O–H groups in total. The predicted molar refractivity (Wildman–Crippen MR) is 75.1 cm³/mol. The number of rotatable bonds is 4. The number of ether oxygens (including phenoxy) is 1. The standard InChI is InChI=1S/C13H18ClN3O2/c14-10-1-2-12(17-15)11(7-10)13(18)16-8-9-3-5-19-6-4-9/h1-2,7,9,17H,3-6,8,15H2,(H,16,18). The van der Waals surface area contributed by atoms with Crippen LogP contribution >= 0.6 is 11.6 Å². The SMILES string of the molecule is NNc1ccc(Cl)cc1C(=O)NCC1CCOCC1. The molecule has 1 saturated heterocycles. The number of carbonyl (C=O) groups is 1. The molecule has 1 aliphatic rings. The zero-order valence-electron chi connectivity index (χ0n) is 10.6. The highest BCUT2D eigenvalue weighted by Gasteiger charge is 2.16. The third-order valence-corrected chi connectivity index (χ3v) is 3.51. The van der Waals surface area contributed by atoms with E-state index in [9.17, 15) is 4.79 Å². The molecule has 6 heteroatoms. The maximum absolute atomic E-state index is 12.1. The molecule has 1 heterocycles. The Morgan fingerprint density at radius 1 is 1.42 bits per heavy atom. The summed E-state index contributed by atoms with van der Waals surface area (Å²) >= 11 is 5.90. The average Bonchev–Trinajstić information content (AvgIpc) is 2.46. The van der Waals surface area contributed by atoms with Gasteiger partial charge in [-0.05, 0) is 37.0 Å². The summed E-state index contributed by atoms with van der Waals surface area (Å²) < 4.78 is 5.29. The van der Waals surface area contributed by atoms with Crippen LogP contribution in [0.15, 0.2) is 18.2 Å². The van der Waals surface area contributed by atoms with Gasteiger partial charge in [0.2, 0.25) is 0 Å². The first-order valence-corrected chi connectivity index (χ1v) is 6.70. The van der Waals surface area contributed by atoms with Crippen molar-refractivity contribution in [3.63, 3.8) is 0 Å². The number of nitrogens with one attached hydrogen (secondary N) is 2. The molecule has 0 bridgehead atoms. The first-order valence-electron chi connectivity index (χ1n) is 6.33. The topological polar surface area (TPSA) is 76.4 Å². The van der Waals surface area contributed by atoms with Crippen molar-refractivity contribution in [3.8, 4) is 0 Å². The van der Waals surface area contributed by atoms with Crippen LogP contribution in [0.3, 0.4) is 0 Å². The van der Waals surface area contributed by atoms with E-state index in [1.807, 2.05) is 0 Å². The van der Waals surface area contributed by atoms with Crippen LogP contribution in [0.5, 0.6) is 0 Å². The van der Waals surface area contributed by atoms with Crippen molar-refractivity contribution < 1.29 is 9.53 Å². The van der Waals surface area contributed by atoms with Gasteiger partial charge in [0, 0.05) is 24.8 Å². The Balaban J connectivity index is 1.97. The van der Waals surface area contributed by atoms with Crippen LogP contribution in [0.25, 0.3) is 0 Å². The molecule has 1 amide bonds. The molecule has 0 spiro atoms. The first kappa shape index (κ1) is 14.1. The van der Waals surface area contributed by atoms with E-state index in [-0.39, 0.29) is 5.91 Å². The molecule has 0 radical (unpaired) electrons. The van der Waals surface area contributed by atoms with Crippen LogP contribution in [0.4, 0.5) is 5.69 Å². The van der Waals surface area contributed by atoms with Gasteiger partial charge in [-0.15, -0.1) is 0 Å². The van der Waals surface area contributed by atoms with Crippen LogP contribution < -0.4 is 16.6 Å². The number of nitrogens with two attached hydrogens (primary N) is 1. The van der Waals surface area contributed by atoms with E-state index in [4.69, 9.17) is 22.2 Å². The molecular formula is C13H18ClN3O2. The summed E-state index contributed by atoms with van der Waals surface area (Å²) in [6, 6.07) is 4.98. The van der Waals surface area contributed by atoms with Crippen LogP contribution in [0, 0.1) is 5.92 Å². The quantitative estimate of drug-likeness (QED) is 0.581. The molecule has 104 valence electrons. The van der Waals surface area contributed by atoms with Crippen molar-refractivity contribution in [2.75, 3.05) is 25.2 Å². The number of nitrogen functional groups attached to an aromatic ring is 1. The Hall–Kier alpha value is -1.30. The molecule has 1 aliphatic heterocycles. The van der Waals surface area contributed by atoms with Crippen molar-refractivity contribution in [1.29, 1.82) is 0 Å². The van der Waals surface area contributed by atoms with Gasteiger partial charge in [0.05, 0.1) is 11.3 Å². The van der Waals surface area contributed by atoms with Gasteiger partial charge in [0.1, 0.15) is 0 Å². The van der Waals surface area contributed by atoms with Crippen molar-refractivity contribution in [3.05, 3.63) is 28.8 Å². The molecule has 0 aromatic heterocycles. The summed E-state index contributed by atoms with van der Waals surface area (Å²) in [5.74, 6) is 5.70. The third-order valence-electron chi connectivity index (χ3n) is 3.27. The number of anilines is 1. The van der Waals surface area contributed by atoms with Crippen molar-refractivity contribution in [1.82, 2.24) is 5.32 Å². The molecule has 5 nitrogen and oxygen atoms in total. The lowest BCUT2D eigenvalue weighted by Crippen LogP contribution is -2.32. The average molecular weight is 284 g/mol. The van der Waals surface area contributed by atoms with Gasteiger partial charge in [-0.1, -0.05) is 11.6 Å². The number of hydrazine groups is 1. The fourth-order valence-electron chi connectivity index (χ4n) is 2.11. The highest BCUT2D eigenvalue weighted by molar-refractivity contribution is 6.31. The van der Waals surface area contributed by atoms with E-state index in [0.717, 1.165) is 26.1 Å². The largest absolute Gasteiger partial charge is 0.381 e. The maximum atomic E-state index is 12.1.